The Morgan fingerprint density at radius 2 is 2.00 bits per heavy atom. The van der Waals surface area contributed by atoms with Crippen molar-refractivity contribution in [2.75, 3.05) is 26.3 Å². The lowest BCUT2D eigenvalue weighted by molar-refractivity contribution is -0.152. The average Bonchev–Trinajstić information content (AvgIpc) is 2.14. The summed E-state index contributed by atoms with van der Waals surface area (Å²) in [4.78, 5) is 13.5. The second kappa shape index (κ2) is 3.70. The summed E-state index contributed by atoms with van der Waals surface area (Å²) in [6, 6.07) is 0. The molecule has 0 aromatic heterocycles. The molecule has 0 radical (unpaired) electrons. The molecule has 14 heavy (non-hydrogen) atoms. The van der Waals surface area contributed by atoms with Crippen LogP contribution in [0.3, 0.4) is 0 Å². The summed E-state index contributed by atoms with van der Waals surface area (Å²) in [5, 5.41) is -0.387. The minimum absolute atomic E-state index is 0.0711. The number of carbonyl (C=O) groups is 1. The smallest absolute Gasteiger partial charge is 0.240 e. The summed E-state index contributed by atoms with van der Waals surface area (Å²) >= 11 is 5.76. The number of piperidine rings is 1. The molecule has 1 atom stereocenters. The second-order valence-corrected chi connectivity index (χ2v) is 5.09. The number of rotatable bonds is 1. The summed E-state index contributed by atoms with van der Waals surface area (Å²) < 4.78 is 5.23. The Bertz CT molecular complexity index is 228. The summed E-state index contributed by atoms with van der Waals surface area (Å²) in [5.41, 5.74) is 0.395. The zero-order valence-electron chi connectivity index (χ0n) is 8.46. The van der Waals surface area contributed by atoms with Gasteiger partial charge < -0.3 is 9.64 Å². The van der Waals surface area contributed by atoms with Gasteiger partial charge in [0.15, 0.2) is 0 Å². The van der Waals surface area contributed by atoms with E-state index in [1.54, 1.807) is 6.92 Å². The molecular formula is C10H16ClNO2. The summed E-state index contributed by atoms with van der Waals surface area (Å²) in [7, 11) is 0. The first-order valence-corrected chi connectivity index (χ1v) is 5.57. The van der Waals surface area contributed by atoms with Crippen LogP contribution in [0.25, 0.3) is 0 Å². The fourth-order valence-electron chi connectivity index (χ4n) is 2.13. The molecule has 2 aliphatic heterocycles. The topological polar surface area (TPSA) is 29.5 Å². The molecule has 2 fully saturated rings. The van der Waals surface area contributed by atoms with E-state index in [2.05, 4.69) is 0 Å². The van der Waals surface area contributed by atoms with Gasteiger partial charge in [0.25, 0.3) is 0 Å². The van der Waals surface area contributed by atoms with Crippen molar-refractivity contribution in [3.8, 4) is 0 Å². The van der Waals surface area contributed by atoms with Gasteiger partial charge in [-0.05, 0) is 19.8 Å². The Morgan fingerprint density at radius 3 is 2.36 bits per heavy atom. The number of hydrogen-bond donors (Lipinski definition) is 0. The van der Waals surface area contributed by atoms with Crippen LogP contribution in [-0.4, -0.2) is 42.5 Å². The Hall–Kier alpha value is -0.280. The Kier molecular flexibility index (Phi) is 2.71. The predicted molar refractivity (Wildman–Crippen MR) is 54.4 cm³/mol. The Balaban J connectivity index is 1.86. The van der Waals surface area contributed by atoms with E-state index in [0.717, 1.165) is 39.1 Å². The maximum absolute atomic E-state index is 11.6. The van der Waals surface area contributed by atoms with Crippen LogP contribution >= 0.6 is 11.6 Å². The van der Waals surface area contributed by atoms with E-state index in [4.69, 9.17) is 16.3 Å². The van der Waals surface area contributed by atoms with Crippen molar-refractivity contribution < 1.29 is 9.53 Å². The van der Waals surface area contributed by atoms with Crippen LogP contribution in [0.2, 0.25) is 0 Å². The number of alkyl halides is 1. The van der Waals surface area contributed by atoms with Crippen LogP contribution in [0.15, 0.2) is 0 Å². The standard InChI is InChI=1S/C10H16ClNO2/c1-8(11)9(13)12-4-2-10(3-5-12)6-14-7-10/h8H,2-7H2,1H3. The average molecular weight is 218 g/mol. The molecule has 3 nitrogen and oxygen atoms in total. The third-order valence-electron chi connectivity index (χ3n) is 3.29. The van der Waals surface area contributed by atoms with Crippen LogP contribution in [0.1, 0.15) is 19.8 Å². The van der Waals surface area contributed by atoms with E-state index in [1.807, 2.05) is 4.90 Å². The van der Waals surface area contributed by atoms with Crippen LogP contribution in [0.5, 0.6) is 0 Å². The maximum Gasteiger partial charge on any atom is 0.240 e. The van der Waals surface area contributed by atoms with Crippen molar-refractivity contribution >= 4 is 17.5 Å². The van der Waals surface area contributed by atoms with E-state index in [-0.39, 0.29) is 11.3 Å². The first-order valence-electron chi connectivity index (χ1n) is 5.14. The molecule has 4 heteroatoms. The van der Waals surface area contributed by atoms with E-state index >= 15 is 0 Å². The molecule has 80 valence electrons. The minimum atomic E-state index is -0.387. The molecule has 2 saturated heterocycles. The zero-order chi connectivity index (χ0) is 10.2. The van der Waals surface area contributed by atoms with Crippen LogP contribution in [0, 0.1) is 5.41 Å². The quantitative estimate of drug-likeness (QED) is 0.619. The van der Waals surface area contributed by atoms with Gasteiger partial charge in [-0.1, -0.05) is 0 Å². The maximum atomic E-state index is 11.6. The SMILES string of the molecule is CC(Cl)C(=O)N1CCC2(CC1)COC2. The van der Waals surface area contributed by atoms with Crippen molar-refractivity contribution in [2.24, 2.45) is 5.41 Å². The largest absolute Gasteiger partial charge is 0.380 e. The van der Waals surface area contributed by atoms with E-state index < -0.39 is 0 Å². The van der Waals surface area contributed by atoms with Gasteiger partial charge in [0.05, 0.1) is 13.2 Å². The monoisotopic (exact) mass is 217 g/mol. The van der Waals surface area contributed by atoms with Gasteiger partial charge in [-0.2, -0.15) is 0 Å². The summed E-state index contributed by atoms with van der Waals surface area (Å²) in [5.74, 6) is 0.0711. The number of likely N-dealkylation sites (tertiary alicyclic amines) is 1. The van der Waals surface area contributed by atoms with Gasteiger partial charge in [0, 0.05) is 18.5 Å². The molecule has 2 heterocycles. The fourth-order valence-corrected chi connectivity index (χ4v) is 2.27. The Morgan fingerprint density at radius 1 is 1.43 bits per heavy atom. The highest BCUT2D eigenvalue weighted by Gasteiger charge is 2.42. The van der Waals surface area contributed by atoms with Gasteiger partial charge in [0.2, 0.25) is 5.91 Å². The number of ether oxygens (including phenoxy) is 1. The van der Waals surface area contributed by atoms with Gasteiger partial charge in [0.1, 0.15) is 5.38 Å². The molecule has 0 aromatic carbocycles. The molecule has 2 aliphatic rings. The van der Waals surface area contributed by atoms with Crippen LogP contribution < -0.4 is 0 Å². The molecule has 0 aromatic rings. The van der Waals surface area contributed by atoms with Gasteiger partial charge in [-0.3, -0.25) is 4.79 Å². The van der Waals surface area contributed by atoms with Gasteiger partial charge in [-0.25, -0.2) is 0 Å². The molecular weight excluding hydrogens is 202 g/mol. The number of carbonyl (C=O) groups excluding carboxylic acids is 1. The van der Waals surface area contributed by atoms with Crippen molar-refractivity contribution in [3.05, 3.63) is 0 Å². The van der Waals surface area contributed by atoms with Crippen molar-refractivity contribution in [1.29, 1.82) is 0 Å². The lowest BCUT2D eigenvalue weighted by Gasteiger charge is -2.47. The fraction of sp³-hybridized carbons (Fsp3) is 0.900. The van der Waals surface area contributed by atoms with Crippen molar-refractivity contribution in [2.45, 2.75) is 25.1 Å². The van der Waals surface area contributed by atoms with E-state index in [1.165, 1.54) is 0 Å². The molecule has 0 aliphatic carbocycles. The van der Waals surface area contributed by atoms with Crippen LogP contribution in [0.4, 0.5) is 0 Å². The number of hydrogen-bond acceptors (Lipinski definition) is 2. The highest BCUT2D eigenvalue weighted by Crippen LogP contribution is 2.38. The van der Waals surface area contributed by atoms with Gasteiger partial charge in [-0.15, -0.1) is 11.6 Å². The predicted octanol–water partition coefficient (Wildman–Crippen LogP) is 1.25. The third kappa shape index (κ3) is 1.75. The van der Waals surface area contributed by atoms with Gasteiger partial charge >= 0.3 is 0 Å². The van der Waals surface area contributed by atoms with Crippen molar-refractivity contribution in [1.82, 2.24) is 4.90 Å². The molecule has 1 spiro atoms. The first kappa shape index (κ1) is 10.2. The van der Waals surface area contributed by atoms with E-state index in [0.29, 0.717) is 5.41 Å². The van der Waals surface area contributed by atoms with Crippen LogP contribution in [-0.2, 0) is 9.53 Å². The molecule has 1 unspecified atom stereocenters. The summed E-state index contributed by atoms with van der Waals surface area (Å²) in [6.45, 7) is 5.19. The highest BCUT2D eigenvalue weighted by molar-refractivity contribution is 6.30. The van der Waals surface area contributed by atoms with Crippen molar-refractivity contribution in [3.63, 3.8) is 0 Å². The number of halogens is 1. The normalized spacial score (nSPS) is 27.1. The number of nitrogens with zero attached hydrogens (tertiary/aromatic N) is 1. The molecule has 0 N–H and O–H groups in total. The summed E-state index contributed by atoms with van der Waals surface area (Å²) in [6.07, 6.45) is 2.14. The second-order valence-electron chi connectivity index (χ2n) is 4.43. The molecule has 0 saturated carbocycles. The third-order valence-corrected chi connectivity index (χ3v) is 3.48. The van der Waals surface area contributed by atoms with E-state index in [9.17, 15) is 4.79 Å². The first-order chi connectivity index (χ1) is 6.63. The number of amides is 1. The minimum Gasteiger partial charge on any atom is -0.380 e. The molecule has 0 bridgehead atoms. The lowest BCUT2D eigenvalue weighted by Crippen LogP contribution is -2.52. The Labute approximate surface area is 89.4 Å². The molecule has 2 rings (SSSR count). The zero-order valence-corrected chi connectivity index (χ0v) is 9.22. The lowest BCUT2D eigenvalue weighted by atomic mass is 9.77. The highest BCUT2D eigenvalue weighted by atomic mass is 35.5. The molecule has 1 amide bonds.